The van der Waals surface area contributed by atoms with Crippen LogP contribution in [0.3, 0.4) is 0 Å². The minimum atomic E-state index is -3.69. The summed E-state index contributed by atoms with van der Waals surface area (Å²) in [5.41, 5.74) is -0.0852. The molecule has 22 heavy (non-hydrogen) atoms. The number of ether oxygens (including phenoxy) is 1. The number of rotatable bonds is 6. The van der Waals surface area contributed by atoms with Crippen molar-refractivity contribution in [1.29, 1.82) is 0 Å². The van der Waals surface area contributed by atoms with Crippen molar-refractivity contribution in [2.75, 3.05) is 13.7 Å². The van der Waals surface area contributed by atoms with Gasteiger partial charge in [0.05, 0.1) is 16.4 Å². The van der Waals surface area contributed by atoms with Crippen LogP contribution >= 0.6 is 11.6 Å². The highest BCUT2D eigenvalue weighted by molar-refractivity contribution is 7.89. The van der Waals surface area contributed by atoms with Crippen LogP contribution in [0.15, 0.2) is 23.1 Å². The molecular formula is C14H18ClNO5S. The lowest BCUT2D eigenvalue weighted by Crippen LogP contribution is -2.55. The summed E-state index contributed by atoms with van der Waals surface area (Å²) in [6.07, 6.45) is 0.585. The molecule has 0 aromatic heterocycles. The maximum Gasteiger partial charge on any atom is 0.306 e. The number of carbonyl (C=O) groups is 1. The molecule has 0 spiro atoms. The third kappa shape index (κ3) is 3.43. The van der Waals surface area contributed by atoms with Crippen LogP contribution < -0.4 is 4.72 Å². The summed E-state index contributed by atoms with van der Waals surface area (Å²) < 4.78 is 32.4. The minimum absolute atomic E-state index is 0.0390. The van der Waals surface area contributed by atoms with E-state index in [1.165, 1.54) is 25.3 Å². The predicted molar refractivity (Wildman–Crippen MR) is 81.5 cm³/mol. The van der Waals surface area contributed by atoms with Crippen molar-refractivity contribution < 1.29 is 23.1 Å². The molecule has 2 rings (SSSR count). The Morgan fingerprint density at radius 2 is 2.14 bits per heavy atom. The average Bonchev–Trinajstić information content (AvgIpc) is 2.40. The molecule has 0 heterocycles. The molecular weight excluding hydrogens is 330 g/mol. The molecule has 0 unspecified atom stereocenters. The largest absolute Gasteiger partial charge is 0.481 e. The molecule has 1 aliphatic carbocycles. The van der Waals surface area contributed by atoms with Gasteiger partial charge in [0.1, 0.15) is 0 Å². The van der Waals surface area contributed by atoms with E-state index in [1.807, 2.05) is 0 Å². The number of hydrogen-bond acceptors (Lipinski definition) is 4. The second-order valence-electron chi connectivity index (χ2n) is 5.57. The molecule has 0 amide bonds. The number of sulfonamides is 1. The van der Waals surface area contributed by atoms with Crippen LogP contribution in [-0.2, 0) is 19.6 Å². The monoisotopic (exact) mass is 347 g/mol. The molecule has 0 aliphatic heterocycles. The van der Waals surface area contributed by atoms with Crippen molar-refractivity contribution in [3.05, 3.63) is 28.8 Å². The van der Waals surface area contributed by atoms with Gasteiger partial charge in [-0.2, -0.15) is 0 Å². The van der Waals surface area contributed by atoms with E-state index in [4.69, 9.17) is 21.4 Å². The molecule has 0 radical (unpaired) electrons. The second-order valence-corrected chi connectivity index (χ2v) is 7.74. The lowest BCUT2D eigenvalue weighted by atomic mass is 9.71. The molecule has 2 N–H and O–H groups in total. The Morgan fingerprint density at radius 3 is 2.64 bits per heavy atom. The first kappa shape index (κ1) is 17.2. The fourth-order valence-corrected chi connectivity index (χ4v) is 3.81. The van der Waals surface area contributed by atoms with Gasteiger partial charge in [0, 0.05) is 18.7 Å². The lowest BCUT2D eigenvalue weighted by Gasteiger charge is -2.44. The van der Waals surface area contributed by atoms with Crippen LogP contribution in [0.4, 0.5) is 0 Å². The SMILES string of the molecule is COC1(CNS(=O)(=O)c2ccc(Cl)c(C)c2)CC(C(=O)O)C1. The summed E-state index contributed by atoms with van der Waals surface area (Å²) in [6.45, 7) is 1.76. The number of carboxylic acids is 1. The van der Waals surface area contributed by atoms with Gasteiger partial charge in [-0.3, -0.25) is 4.79 Å². The minimum Gasteiger partial charge on any atom is -0.481 e. The Balaban J connectivity index is 2.06. The summed E-state index contributed by atoms with van der Waals surface area (Å²) in [4.78, 5) is 11.0. The molecule has 122 valence electrons. The van der Waals surface area contributed by atoms with Crippen LogP contribution in [0.25, 0.3) is 0 Å². The maximum atomic E-state index is 12.3. The maximum absolute atomic E-state index is 12.3. The van der Waals surface area contributed by atoms with Crippen LogP contribution in [0, 0.1) is 12.8 Å². The van der Waals surface area contributed by atoms with E-state index in [0.29, 0.717) is 23.4 Å². The van der Waals surface area contributed by atoms with Crippen molar-refractivity contribution in [3.63, 3.8) is 0 Å². The molecule has 0 bridgehead atoms. The Labute approximate surface area is 134 Å². The number of methoxy groups -OCH3 is 1. The number of carboxylic acid groups (broad SMARTS) is 1. The summed E-state index contributed by atoms with van der Waals surface area (Å²) in [6, 6.07) is 4.45. The number of aliphatic carboxylic acids is 1. The van der Waals surface area contributed by atoms with E-state index in [2.05, 4.69) is 4.72 Å². The quantitative estimate of drug-likeness (QED) is 0.818. The van der Waals surface area contributed by atoms with Gasteiger partial charge in [-0.1, -0.05) is 11.6 Å². The van der Waals surface area contributed by atoms with Gasteiger partial charge >= 0.3 is 5.97 Å². The predicted octanol–water partition coefficient (Wildman–Crippen LogP) is 1.81. The van der Waals surface area contributed by atoms with E-state index in [0.717, 1.165) is 0 Å². The molecule has 0 atom stereocenters. The molecule has 1 fully saturated rings. The van der Waals surface area contributed by atoms with E-state index in [1.54, 1.807) is 6.92 Å². The molecule has 1 saturated carbocycles. The van der Waals surface area contributed by atoms with E-state index in [-0.39, 0.29) is 11.4 Å². The van der Waals surface area contributed by atoms with Gasteiger partial charge in [-0.15, -0.1) is 0 Å². The highest BCUT2D eigenvalue weighted by atomic mass is 35.5. The number of nitrogens with one attached hydrogen (secondary N) is 1. The second kappa shape index (κ2) is 6.16. The van der Waals surface area contributed by atoms with Crippen LogP contribution in [0.1, 0.15) is 18.4 Å². The average molecular weight is 348 g/mol. The highest BCUT2D eigenvalue weighted by Gasteiger charge is 2.48. The smallest absolute Gasteiger partial charge is 0.306 e. The van der Waals surface area contributed by atoms with Crippen molar-refractivity contribution in [2.45, 2.75) is 30.3 Å². The summed E-state index contributed by atoms with van der Waals surface area (Å²) >= 11 is 5.89. The van der Waals surface area contributed by atoms with Gasteiger partial charge in [-0.05, 0) is 43.5 Å². The zero-order valence-electron chi connectivity index (χ0n) is 12.3. The van der Waals surface area contributed by atoms with Crippen LogP contribution in [-0.4, -0.2) is 38.7 Å². The first-order valence-electron chi connectivity index (χ1n) is 6.73. The molecule has 0 saturated heterocycles. The first-order chi connectivity index (χ1) is 10.2. The number of benzene rings is 1. The van der Waals surface area contributed by atoms with Crippen molar-refractivity contribution >= 4 is 27.6 Å². The van der Waals surface area contributed by atoms with E-state index < -0.39 is 27.5 Å². The third-order valence-corrected chi connectivity index (χ3v) is 5.87. The van der Waals surface area contributed by atoms with Gasteiger partial charge in [0.15, 0.2) is 0 Å². The summed E-state index contributed by atoms with van der Waals surface area (Å²) in [5, 5.41) is 9.41. The van der Waals surface area contributed by atoms with Gasteiger partial charge in [0.25, 0.3) is 0 Å². The van der Waals surface area contributed by atoms with Crippen LogP contribution in [0.5, 0.6) is 0 Å². The van der Waals surface area contributed by atoms with Gasteiger partial charge in [0.2, 0.25) is 10.0 Å². The Kier molecular flexibility index (Phi) is 4.81. The van der Waals surface area contributed by atoms with Crippen LogP contribution in [0.2, 0.25) is 5.02 Å². The van der Waals surface area contributed by atoms with Crippen molar-refractivity contribution in [3.8, 4) is 0 Å². The van der Waals surface area contributed by atoms with E-state index in [9.17, 15) is 13.2 Å². The number of aryl methyl sites for hydroxylation is 1. The summed E-state index contributed by atoms with van der Waals surface area (Å²) in [5.74, 6) is -1.37. The fraction of sp³-hybridized carbons (Fsp3) is 0.500. The number of halogens is 1. The zero-order chi connectivity index (χ0) is 16.5. The van der Waals surface area contributed by atoms with Gasteiger partial charge < -0.3 is 9.84 Å². The molecule has 8 heteroatoms. The summed E-state index contributed by atoms with van der Waals surface area (Å²) in [7, 11) is -2.24. The molecule has 1 aromatic carbocycles. The first-order valence-corrected chi connectivity index (χ1v) is 8.59. The number of hydrogen-bond donors (Lipinski definition) is 2. The van der Waals surface area contributed by atoms with Crippen molar-refractivity contribution in [1.82, 2.24) is 4.72 Å². The van der Waals surface area contributed by atoms with Crippen molar-refractivity contribution in [2.24, 2.45) is 5.92 Å². The topological polar surface area (TPSA) is 92.7 Å². The normalized spacial score (nSPS) is 24.8. The fourth-order valence-electron chi connectivity index (χ4n) is 2.49. The Bertz CT molecular complexity index is 682. The highest BCUT2D eigenvalue weighted by Crippen LogP contribution is 2.40. The van der Waals surface area contributed by atoms with E-state index >= 15 is 0 Å². The Morgan fingerprint density at radius 1 is 1.50 bits per heavy atom. The molecule has 1 aliphatic rings. The standard InChI is InChI=1S/C14H18ClNO5S/c1-9-5-11(3-4-12(9)15)22(19,20)16-8-14(21-2)6-10(7-14)13(17)18/h3-5,10,16H,6-8H2,1-2H3,(H,17,18). The molecule has 6 nitrogen and oxygen atoms in total. The lowest BCUT2D eigenvalue weighted by molar-refractivity contribution is -0.161. The zero-order valence-corrected chi connectivity index (χ0v) is 13.9. The third-order valence-electron chi connectivity index (χ3n) is 4.04. The molecule has 1 aromatic rings. The van der Waals surface area contributed by atoms with Gasteiger partial charge in [-0.25, -0.2) is 13.1 Å². The Hall–Kier alpha value is -1.15.